The van der Waals surface area contributed by atoms with E-state index in [-0.39, 0.29) is 11.6 Å². The predicted octanol–water partition coefficient (Wildman–Crippen LogP) is 4.41. The fourth-order valence-corrected chi connectivity index (χ4v) is 2.72. The molecule has 0 aliphatic rings. The molecule has 0 spiro atoms. The molecule has 0 unspecified atom stereocenters. The van der Waals surface area contributed by atoms with Crippen LogP contribution in [-0.4, -0.2) is 23.0 Å². The molecule has 1 aromatic heterocycles. The first-order valence-corrected chi connectivity index (χ1v) is 8.60. The Hall–Kier alpha value is -3.41. The van der Waals surface area contributed by atoms with Crippen LogP contribution in [0.15, 0.2) is 48.5 Å². The number of nitrogens with one attached hydrogen (secondary N) is 2. The minimum Gasteiger partial charge on any atom is -0.495 e. The zero-order chi connectivity index (χ0) is 19.4. The second kappa shape index (κ2) is 7.86. The number of benzene rings is 2. The highest BCUT2D eigenvalue weighted by Crippen LogP contribution is 2.28. The van der Waals surface area contributed by atoms with Crippen LogP contribution < -0.4 is 15.4 Å². The Bertz CT molecular complexity index is 986. The van der Waals surface area contributed by atoms with Gasteiger partial charge in [-0.2, -0.15) is 0 Å². The third-order valence-electron chi connectivity index (χ3n) is 3.96. The van der Waals surface area contributed by atoms with Crippen LogP contribution in [0.4, 0.5) is 17.2 Å². The molecule has 3 rings (SSSR count). The Balaban J connectivity index is 1.86. The zero-order valence-corrected chi connectivity index (χ0v) is 15.8. The van der Waals surface area contributed by atoms with Crippen LogP contribution in [0.3, 0.4) is 0 Å². The van der Waals surface area contributed by atoms with Crippen molar-refractivity contribution in [1.82, 2.24) is 9.97 Å². The van der Waals surface area contributed by atoms with Gasteiger partial charge in [0, 0.05) is 11.8 Å². The summed E-state index contributed by atoms with van der Waals surface area (Å²) in [6, 6.07) is 15.1. The highest BCUT2D eigenvalue weighted by Gasteiger charge is 2.12. The molecular weight excluding hydrogens is 340 g/mol. The molecule has 6 heteroatoms. The molecule has 1 heterocycles. The average Bonchev–Trinajstić information content (AvgIpc) is 2.61. The first-order chi connectivity index (χ1) is 12.9. The lowest BCUT2D eigenvalue weighted by atomic mass is 10.2. The highest BCUT2D eigenvalue weighted by atomic mass is 16.5. The standard InChI is InChI=1S/C21H22N4O2/c1-13-6-5-7-16(10-13)24-21(26)18-12-20(23-15(3)22-18)25-17-11-14(2)8-9-19(17)27-4/h5-12H,1-4H3,(H,24,26)(H,22,23,25). The number of nitrogens with zero attached hydrogens (tertiary/aromatic N) is 2. The van der Waals surface area contributed by atoms with Crippen LogP contribution in [0.2, 0.25) is 0 Å². The lowest BCUT2D eigenvalue weighted by Gasteiger charge is -2.13. The van der Waals surface area contributed by atoms with Crippen LogP contribution >= 0.6 is 0 Å². The minimum atomic E-state index is -0.287. The second-order valence-corrected chi connectivity index (χ2v) is 6.34. The van der Waals surface area contributed by atoms with Gasteiger partial charge in [0.15, 0.2) is 0 Å². The third kappa shape index (κ3) is 4.61. The van der Waals surface area contributed by atoms with Crippen molar-refractivity contribution in [3.63, 3.8) is 0 Å². The Kier molecular flexibility index (Phi) is 5.35. The summed E-state index contributed by atoms with van der Waals surface area (Å²) in [6.45, 7) is 5.72. The molecule has 0 atom stereocenters. The van der Waals surface area contributed by atoms with E-state index in [4.69, 9.17) is 4.74 Å². The van der Waals surface area contributed by atoms with Crippen LogP contribution in [0.5, 0.6) is 5.75 Å². The molecule has 3 aromatic rings. The van der Waals surface area contributed by atoms with Crippen molar-refractivity contribution in [2.45, 2.75) is 20.8 Å². The number of hydrogen-bond donors (Lipinski definition) is 2. The lowest BCUT2D eigenvalue weighted by Crippen LogP contribution is -2.15. The quantitative estimate of drug-likeness (QED) is 0.703. The summed E-state index contributed by atoms with van der Waals surface area (Å²) in [6.07, 6.45) is 0. The fourth-order valence-electron chi connectivity index (χ4n) is 2.72. The molecule has 0 aliphatic heterocycles. The molecule has 2 N–H and O–H groups in total. The molecule has 6 nitrogen and oxygen atoms in total. The van der Waals surface area contributed by atoms with E-state index in [0.717, 1.165) is 22.5 Å². The van der Waals surface area contributed by atoms with E-state index in [9.17, 15) is 4.79 Å². The van der Waals surface area contributed by atoms with Crippen molar-refractivity contribution >= 4 is 23.1 Å². The number of methoxy groups -OCH3 is 1. The molecule has 0 bridgehead atoms. The molecule has 0 saturated carbocycles. The maximum Gasteiger partial charge on any atom is 0.274 e. The first-order valence-electron chi connectivity index (χ1n) is 8.60. The van der Waals surface area contributed by atoms with E-state index in [2.05, 4.69) is 20.6 Å². The van der Waals surface area contributed by atoms with Crippen molar-refractivity contribution in [2.75, 3.05) is 17.7 Å². The molecule has 0 fully saturated rings. The number of carbonyl (C=O) groups excluding carboxylic acids is 1. The van der Waals surface area contributed by atoms with Gasteiger partial charge in [0.05, 0.1) is 12.8 Å². The summed E-state index contributed by atoms with van der Waals surface area (Å²) < 4.78 is 5.39. The van der Waals surface area contributed by atoms with Crippen molar-refractivity contribution in [3.8, 4) is 5.75 Å². The van der Waals surface area contributed by atoms with Crippen LogP contribution in [0.1, 0.15) is 27.4 Å². The van der Waals surface area contributed by atoms with Crippen molar-refractivity contribution < 1.29 is 9.53 Å². The number of ether oxygens (including phenoxy) is 1. The van der Waals surface area contributed by atoms with E-state index in [1.807, 2.05) is 56.3 Å². The number of aryl methyl sites for hydroxylation is 3. The van der Waals surface area contributed by atoms with E-state index < -0.39 is 0 Å². The Morgan fingerprint density at radius 2 is 1.74 bits per heavy atom. The van der Waals surface area contributed by atoms with Gasteiger partial charge in [0.1, 0.15) is 23.1 Å². The highest BCUT2D eigenvalue weighted by molar-refractivity contribution is 6.03. The first kappa shape index (κ1) is 18.4. The number of anilines is 3. The second-order valence-electron chi connectivity index (χ2n) is 6.34. The summed E-state index contributed by atoms with van der Waals surface area (Å²) >= 11 is 0. The number of hydrogen-bond acceptors (Lipinski definition) is 5. The molecular formula is C21H22N4O2. The molecule has 2 aromatic carbocycles. The smallest absolute Gasteiger partial charge is 0.274 e. The molecule has 0 aliphatic carbocycles. The largest absolute Gasteiger partial charge is 0.495 e. The lowest BCUT2D eigenvalue weighted by molar-refractivity contribution is 0.102. The van der Waals surface area contributed by atoms with Gasteiger partial charge < -0.3 is 15.4 Å². The van der Waals surface area contributed by atoms with Gasteiger partial charge in [-0.1, -0.05) is 18.2 Å². The monoisotopic (exact) mass is 362 g/mol. The Labute approximate surface area is 158 Å². The predicted molar refractivity (Wildman–Crippen MR) is 107 cm³/mol. The van der Waals surface area contributed by atoms with E-state index in [0.29, 0.717) is 17.4 Å². The summed E-state index contributed by atoms with van der Waals surface area (Å²) in [5.74, 6) is 1.44. The third-order valence-corrected chi connectivity index (χ3v) is 3.96. The molecule has 27 heavy (non-hydrogen) atoms. The Morgan fingerprint density at radius 3 is 2.48 bits per heavy atom. The van der Waals surface area contributed by atoms with Crippen LogP contribution in [0, 0.1) is 20.8 Å². The summed E-state index contributed by atoms with van der Waals surface area (Å²) in [7, 11) is 1.61. The van der Waals surface area contributed by atoms with E-state index in [1.54, 1.807) is 20.1 Å². The van der Waals surface area contributed by atoms with Crippen molar-refractivity contribution in [1.29, 1.82) is 0 Å². The molecule has 0 radical (unpaired) electrons. The maximum atomic E-state index is 12.6. The van der Waals surface area contributed by atoms with Gasteiger partial charge in [-0.05, 0) is 56.2 Å². The zero-order valence-electron chi connectivity index (χ0n) is 15.8. The summed E-state index contributed by atoms with van der Waals surface area (Å²) in [5, 5.41) is 6.08. The maximum absolute atomic E-state index is 12.6. The molecule has 1 amide bonds. The van der Waals surface area contributed by atoms with Gasteiger partial charge in [0.25, 0.3) is 5.91 Å². The number of rotatable bonds is 5. The fraction of sp³-hybridized carbons (Fsp3) is 0.190. The van der Waals surface area contributed by atoms with Crippen LogP contribution in [0.25, 0.3) is 0 Å². The normalized spacial score (nSPS) is 10.4. The SMILES string of the molecule is COc1ccc(C)cc1Nc1cc(C(=O)Nc2cccc(C)c2)nc(C)n1. The summed E-state index contributed by atoms with van der Waals surface area (Å²) in [5.41, 5.74) is 3.95. The van der Waals surface area contributed by atoms with Crippen LogP contribution in [-0.2, 0) is 0 Å². The van der Waals surface area contributed by atoms with Gasteiger partial charge in [0.2, 0.25) is 0 Å². The van der Waals surface area contributed by atoms with E-state index >= 15 is 0 Å². The average molecular weight is 362 g/mol. The van der Waals surface area contributed by atoms with Crippen molar-refractivity contribution in [2.24, 2.45) is 0 Å². The van der Waals surface area contributed by atoms with E-state index in [1.165, 1.54) is 0 Å². The Morgan fingerprint density at radius 1 is 0.963 bits per heavy atom. The number of aromatic nitrogens is 2. The topological polar surface area (TPSA) is 76.1 Å². The van der Waals surface area contributed by atoms with Gasteiger partial charge in [-0.15, -0.1) is 0 Å². The van der Waals surface area contributed by atoms with Gasteiger partial charge in [-0.25, -0.2) is 9.97 Å². The molecule has 0 saturated heterocycles. The number of amides is 1. The van der Waals surface area contributed by atoms with Gasteiger partial charge in [-0.3, -0.25) is 4.79 Å². The number of carbonyl (C=O) groups is 1. The minimum absolute atomic E-state index is 0.287. The summed E-state index contributed by atoms with van der Waals surface area (Å²) in [4.78, 5) is 21.2. The van der Waals surface area contributed by atoms with Crippen molar-refractivity contribution in [3.05, 3.63) is 71.2 Å². The molecule has 138 valence electrons. The van der Waals surface area contributed by atoms with Gasteiger partial charge >= 0.3 is 0 Å².